The topological polar surface area (TPSA) is 60.2 Å². The SMILES string of the molecule is Nc1nc(NCCOCC(F)F)c(Cl)cc1Cl. The monoisotopic (exact) mass is 285 g/mol. The average Bonchev–Trinajstić information content (AvgIpc) is 2.24. The number of aromatic nitrogens is 1. The Morgan fingerprint density at radius 3 is 2.76 bits per heavy atom. The molecule has 0 radical (unpaired) electrons. The smallest absolute Gasteiger partial charge is 0.261 e. The Balaban J connectivity index is 2.39. The number of nitrogen functional groups attached to an aromatic ring is 1. The van der Waals surface area contributed by atoms with E-state index in [-0.39, 0.29) is 17.4 Å². The number of ether oxygens (including phenoxy) is 1. The zero-order valence-corrected chi connectivity index (χ0v) is 10.2. The number of nitrogens with two attached hydrogens (primary N) is 1. The van der Waals surface area contributed by atoms with Gasteiger partial charge in [-0.1, -0.05) is 23.2 Å². The molecule has 0 aliphatic heterocycles. The van der Waals surface area contributed by atoms with E-state index < -0.39 is 13.0 Å². The van der Waals surface area contributed by atoms with Gasteiger partial charge in [-0.25, -0.2) is 13.8 Å². The van der Waals surface area contributed by atoms with Crippen molar-refractivity contribution in [3.8, 4) is 0 Å². The number of hydrogen-bond donors (Lipinski definition) is 2. The molecule has 3 N–H and O–H groups in total. The Kier molecular flexibility index (Phi) is 5.67. The third kappa shape index (κ3) is 4.89. The van der Waals surface area contributed by atoms with Crippen LogP contribution in [-0.4, -0.2) is 31.2 Å². The van der Waals surface area contributed by atoms with E-state index in [0.29, 0.717) is 17.4 Å². The zero-order valence-electron chi connectivity index (χ0n) is 8.72. The predicted molar refractivity (Wildman–Crippen MR) is 64.0 cm³/mol. The summed E-state index contributed by atoms with van der Waals surface area (Å²) in [7, 11) is 0. The molecule has 0 spiro atoms. The van der Waals surface area contributed by atoms with E-state index in [1.165, 1.54) is 6.07 Å². The van der Waals surface area contributed by atoms with Gasteiger partial charge in [0.05, 0.1) is 16.7 Å². The standard InChI is InChI=1S/C9H11Cl2F2N3O/c10-5-3-6(11)9(16-8(5)14)15-1-2-17-4-7(12)13/h3,7H,1-2,4H2,(H3,14,15,16). The first-order valence-electron chi connectivity index (χ1n) is 4.72. The minimum absolute atomic E-state index is 0.116. The Labute approximate surface area is 107 Å². The highest BCUT2D eigenvalue weighted by Crippen LogP contribution is 2.26. The molecule has 4 nitrogen and oxygen atoms in total. The van der Waals surface area contributed by atoms with Crippen molar-refractivity contribution in [3.63, 3.8) is 0 Å². The molecule has 1 rings (SSSR count). The quantitative estimate of drug-likeness (QED) is 0.789. The normalized spacial score (nSPS) is 10.9. The molecule has 0 unspecified atom stereocenters. The van der Waals surface area contributed by atoms with Gasteiger partial charge >= 0.3 is 0 Å². The Morgan fingerprint density at radius 1 is 1.41 bits per heavy atom. The molecule has 0 aliphatic carbocycles. The largest absolute Gasteiger partial charge is 0.382 e. The van der Waals surface area contributed by atoms with E-state index >= 15 is 0 Å². The summed E-state index contributed by atoms with van der Waals surface area (Å²) in [4.78, 5) is 3.90. The van der Waals surface area contributed by atoms with E-state index in [1.807, 2.05) is 0 Å². The molecular weight excluding hydrogens is 275 g/mol. The van der Waals surface area contributed by atoms with Crippen molar-refractivity contribution >= 4 is 34.8 Å². The lowest BCUT2D eigenvalue weighted by Crippen LogP contribution is -2.14. The van der Waals surface area contributed by atoms with Crippen LogP contribution in [0.2, 0.25) is 10.0 Å². The third-order valence-electron chi connectivity index (χ3n) is 1.74. The molecule has 0 amide bonds. The summed E-state index contributed by atoms with van der Waals surface area (Å²) in [5.41, 5.74) is 5.49. The summed E-state index contributed by atoms with van der Waals surface area (Å²) in [5.74, 6) is 0.487. The second-order valence-electron chi connectivity index (χ2n) is 3.08. The number of rotatable bonds is 6. The van der Waals surface area contributed by atoms with Gasteiger partial charge in [-0.3, -0.25) is 0 Å². The lowest BCUT2D eigenvalue weighted by molar-refractivity contribution is 0.0215. The minimum Gasteiger partial charge on any atom is -0.382 e. The number of nitrogens with zero attached hydrogens (tertiary/aromatic N) is 1. The maximum absolute atomic E-state index is 11.7. The summed E-state index contributed by atoms with van der Waals surface area (Å²) in [5, 5.41) is 3.37. The average molecular weight is 286 g/mol. The van der Waals surface area contributed by atoms with Crippen molar-refractivity contribution in [3.05, 3.63) is 16.1 Å². The van der Waals surface area contributed by atoms with Crippen LogP contribution >= 0.6 is 23.2 Å². The van der Waals surface area contributed by atoms with Crippen molar-refractivity contribution in [1.29, 1.82) is 0 Å². The molecular formula is C9H11Cl2F2N3O. The third-order valence-corrected chi connectivity index (χ3v) is 2.33. The van der Waals surface area contributed by atoms with Crippen molar-refractivity contribution in [2.75, 3.05) is 30.8 Å². The molecule has 0 aliphatic rings. The summed E-state index contributed by atoms with van der Waals surface area (Å²) < 4.78 is 28.1. The molecule has 17 heavy (non-hydrogen) atoms. The molecule has 0 atom stereocenters. The lowest BCUT2D eigenvalue weighted by atomic mass is 10.4. The van der Waals surface area contributed by atoms with Gasteiger partial charge in [-0.2, -0.15) is 0 Å². The maximum Gasteiger partial charge on any atom is 0.261 e. The van der Waals surface area contributed by atoms with Gasteiger partial charge in [-0.15, -0.1) is 0 Å². The second kappa shape index (κ2) is 6.78. The van der Waals surface area contributed by atoms with E-state index in [4.69, 9.17) is 28.9 Å². The molecule has 0 fully saturated rings. The van der Waals surface area contributed by atoms with Gasteiger partial charge in [0.2, 0.25) is 0 Å². The first-order chi connectivity index (χ1) is 8.00. The van der Waals surface area contributed by atoms with Crippen LogP contribution in [-0.2, 0) is 4.74 Å². The molecule has 0 bridgehead atoms. The van der Waals surface area contributed by atoms with Gasteiger partial charge in [0.1, 0.15) is 18.2 Å². The van der Waals surface area contributed by atoms with E-state index in [2.05, 4.69) is 15.0 Å². The Hall–Kier alpha value is -0.850. The number of halogens is 4. The first kappa shape index (κ1) is 14.2. The second-order valence-corrected chi connectivity index (χ2v) is 3.89. The minimum atomic E-state index is -2.47. The molecule has 0 saturated carbocycles. The molecule has 1 aromatic rings. The van der Waals surface area contributed by atoms with Crippen LogP contribution in [0.5, 0.6) is 0 Å². The molecule has 0 aromatic carbocycles. The summed E-state index contributed by atoms with van der Waals surface area (Å²) in [6, 6.07) is 1.45. The first-order valence-corrected chi connectivity index (χ1v) is 5.47. The number of nitrogens with one attached hydrogen (secondary N) is 1. The van der Waals surface area contributed by atoms with Crippen molar-refractivity contribution in [2.24, 2.45) is 0 Å². The van der Waals surface area contributed by atoms with Gasteiger partial charge in [0.25, 0.3) is 6.43 Å². The molecule has 8 heteroatoms. The Morgan fingerprint density at radius 2 is 2.12 bits per heavy atom. The van der Waals surface area contributed by atoms with Gasteiger partial charge in [0.15, 0.2) is 0 Å². The van der Waals surface area contributed by atoms with Crippen molar-refractivity contribution in [2.45, 2.75) is 6.43 Å². The van der Waals surface area contributed by atoms with Crippen molar-refractivity contribution < 1.29 is 13.5 Å². The fourth-order valence-corrected chi connectivity index (χ4v) is 1.44. The number of alkyl halides is 2. The van der Waals surface area contributed by atoms with Crippen LogP contribution in [0.4, 0.5) is 20.4 Å². The lowest BCUT2D eigenvalue weighted by Gasteiger charge is -2.09. The fourth-order valence-electron chi connectivity index (χ4n) is 1.02. The number of pyridine rings is 1. The van der Waals surface area contributed by atoms with Crippen molar-refractivity contribution in [1.82, 2.24) is 4.98 Å². The molecule has 96 valence electrons. The van der Waals surface area contributed by atoms with Crippen LogP contribution in [0.3, 0.4) is 0 Å². The summed E-state index contributed by atoms with van der Waals surface area (Å²) in [6.45, 7) is -0.184. The van der Waals surface area contributed by atoms with Gasteiger partial charge in [0, 0.05) is 6.54 Å². The highest BCUT2D eigenvalue weighted by atomic mass is 35.5. The van der Waals surface area contributed by atoms with Crippen LogP contribution in [0.15, 0.2) is 6.07 Å². The van der Waals surface area contributed by atoms with Crippen LogP contribution < -0.4 is 11.1 Å². The summed E-state index contributed by atoms with van der Waals surface area (Å²) >= 11 is 11.5. The Bertz CT molecular complexity index is 380. The predicted octanol–water partition coefficient (Wildman–Crippen LogP) is 2.66. The molecule has 0 saturated heterocycles. The maximum atomic E-state index is 11.7. The van der Waals surface area contributed by atoms with Gasteiger partial charge < -0.3 is 15.8 Å². The number of hydrogen-bond acceptors (Lipinski definition) is 4. The highest BCUT2D eigenvalue weighted by Gasteiger charge is 2.06. The molecule has 1 heterocycles. The molecule has 1 aromatic heterocycles. The summed E-state index contributed by atoms with van der Waals surface area (Å²) in [6.07, 6.45) is -2.47. The zero-order chi connectivity index (χ0) is 12.8. The van der Waals surface area contributed by atoms with E-state index in [9.17, 15) is 8.78 Å². The van der Waals surface area contributed by atoms with Crippen LogP contribution in [0.25, 0.3) is 0 Å². The number of anilines is 2. The van der Waals surface area contributed by atoms with E-state index in [0.717, 1.165) is 0 Å². The van der Waals surface area contributed by atoms with Gasteiger partial charge in [-0.05, 0) is 6.07 Å². The van der Waals surface area contributed by atoms with Crippen LogP contribution in [0.1, 0.15) is 0 Å². The van der Waals surface area contributed by atoms with Crippen LogP contribution in [0, 0.1) is 0 Å². The fraction of sp³-hybridized carbons (Fsp3) is 0.444. The van der Waals surface area contributed by atoms with E-state index in [1.54, 1.807) is 0 Å². The highest BCUT2D eigenvalue weighted by molar-refractivity contribution is 6.37.